The zero-order valence-corrected chi connectivity index (χ0v) is 11.4. The zero-order chi connectivity index (χ0) is 14.0. The van der Waals surface area contributed by atoms with Gasteiger partial charge in [-0.2, -0.15) is 5.10 Å². The first-order valence-corrected chi connectivity index (χ1v) is 6.97. The molecule has 2 heterocycles. The number of nitrogens with zero attached hydrogens (tertiary/aromatic N) is 3. The van der Waals surface area contributed by atoms with E-state index in [2.05, 4.69) is 19.8 Å². The van der Waals surface area contributed by atoms with E-state index in [1.54, 1.807) is 7.05 Å². The average molecular weight is 304 g/mol. The molecule has 0 atom stereocenters. The molecule has 8 nitrogen and oxygen atoms in total. The van der Waals surface area contributed by atoms with E-state index < -0.39 is 15.6 Å². The molecule has 0 spiro atoms. The van der Waals surface area contributed by atoms with Crippen LogP contribution in [0.1, 0.15) is 5.82 Å². The van der Waals surface area contributed by atoms with E-state index in [9.17, 15) is 13.2 Å². The Hall–Kier alpha value is -1.71. The minimum Gasteiger partial charge on any atom is -0.326 e. The lowest BCUT2D eigenvalue weighted by molar-refractivity contribution is 0.578. The van der Waals surface area contributed by atoms with Crippen molar-refractivity contribution in [1.82, 2.24) is 24.5 Å². The number of hydrogen-bond acceptors (Lipinski definition) is 5. The number of halogens is 1. The summed E-state index contributed by atoms with van der Waals surface area (Å²) < 4.78 is 27.6. The second-order valence-electron chi connectivity index (χ2n) is 3.67. The molecule has 0 bridgehead atoms. The first kappa shape index (κ1) is 13.7. The van der Waals surface area contributed by atoms with Crippen LogP contribution in [-0.4, -0.2) is 28.2 Å². The number of H-pyrrole nitrogens is 1. The normalized spacial score (nSPS) is 11.7. The lowest BCUT2D eigenvalue weighted by atomic mass is 10.5. The van der Waals surface area contributed by atoms with E-state index in [1.165, 1.54) is 11.0 Å². The average Bonchev–Trinajstić information content (AvgIpc) is 2.76. The van der Waals surface area contributed by atoms with Crippen LogP contribution in [0.4, 0.5) is 0 Å². The highest BCUT2D eigenvalue weighted by Crippen LogP contribution is 2.10. The standard InChI is InChI=1S/C9H10ClN5O3S/c1-15-5-12-8(14-15)4-13-19(17,18)6-2-7(10)9(16)11-3-6/h2-3,5,13H,4H2,1H3,(H,11,16). The molecule has 0 fully saturated rings. The number of hydrogen-bond donors (Lipinski definition) is 2. The minimum atomic E-state index is -3.78. The van der Waals surface area contributed by atoms with Crippen molar-refractivity contribution in [2.24, 2.45) is 7.05 Å². The smallest absolute Gasteiger partial charge is 0.266 e. The Morgan fingerprint density at radius 2 is 2.26 bits per heavy atom. The molecule has 2 aromatic rings. The monoisotopic (exact) mass is 303 g/mol. The van der Waals surface area contributed by atoms with Crippen molar-refractivity contribution in [3.63, 3.8) is 0 Å². The van der Waals surface area contributed by atoms with E-state index in [4.69, 9.17) is 11.6 Å². The zero-order valence-electron chi connectivity index (χ0n) is 9.79. The summed E-state index contributed by atoms with van der Waals surface area (Å²) in [4.78, 5) is 17.0. The van der Waals surface area contributed by atoms with Crippen LogP contribution in [0.3, 0.4) is 0 Å². The Morgan fingerprint density at radius 3 is 2.84 bits per heavy atom. The van der Waals surface area contributed by atoms with E-state index in [0.717, 1.165) is 12.3 Å². The number of aromatic amines is 1. The van der Waals surface area contributed by atoms with Crippen LogP contribution < -0.4 is 10.3 Å². The Morgan fingerprint density at radius 1 is 1.53 bits per heavy atom. The Bertz CT molecular complexity index is 751. The van der Waals surface area contributed by atoms with Gasteiger partial charge in [0, 0.05) is 13.2 Å². The lowest BCUT2D eigenvalue weighted by Crippen LogP contribution is -2.25. The summed E-state index contributed by atoms with van der Waals surface area (Å²) in [6, 6.07) is 1.08. The fourth-order valence-corrected chi connectivity index (χ4v) is 2.51. The van der Waals surface area contributed by atoms with Gasteiger partial charge in [0.05, 0.1) is 11.4 Å². The van der Waals surface area contributed by atoms with Gasteiger partial charge in [-0.05, 0) is 6.07 Å². The number of rotatable bonds is 4. The van der Waals surface area contributed by atoms with Crippen molar-refractivity contribution in [1.29, 1.82) is 0 Å². The molecule has 0 aliphatic rings. The quantitative estimate of drug-likeness (QED) is 0.801. The fourth-order valence-electron chi connectivity index (χ4n) is 1.30. The van der Waals surface area contributed by atoms with Crippen molar-refractivity contribution in [2.45, 2.75) is 11.4 Å². The molecule has 0 aliphatic heterocycles. The number of pyridine rings is 1. The first-order chi connectivity index (χ1) is 8.88. The summed E-state index contributed by atoms with van der Waals surface area (Å²) in [7, 11) is -2.11. The van der Waals surface area contributed by atoms with Gasteiger partial charge in [0.1, 0.15) is 11.3 Å². The second-order valence-corrected chi connectivity index (χ2v) is 5.85. The third kappa shape index (κ3) is 3.19. The molecule has 0 saturated carbocycles. The number of aryl methyl sites for hydroxylation is 1. The maximum atomic E-state index is 11.9. The Labute approximate surface area is 113 Å². The predicted octanol–water partition coefficient (Wildman–Crippen LogP) is -0.365. The molecule has 0 unspecified atom stereocenters. The summed E-state index contributed by atoms with van der Waals surface area (Å²) >= 11 is 5.58. The molecule has 0 aliphatic carbocycles. The van der Waals surface area contributed by atoms with Crippen LogP contribution in [0.15, 0.2) is 28.3 Å². The maximum Gasteiger partial charge on any atom is 0.266 e. The SMILES string of the molecule is Cn1cnc(CNS(=O)(=O)c2c[nH]c(=O)c(Cl)c2)n1. The van der Waals surface area contributed by atoms with Gasteiger partial charge in [-0.1, -0.05) is 11.6 Å². The highest BCUT2D eigenvalue weighted by Gasteiger charge is 2.16. The molecule has 10 heteroatoms. The van der Waals surface area contributed by atoms with Crippen molar-refractivity contribution < 1.29 is 8.42 Å². The summed E-state index contributed by atoms with van der Waals surface area (Å²) in [5.41, 5.74) is -0.549. The van der Waals surface area contributed by atoms with Crippen molar-refractivity contribution in [2.75, 3.05) is 0 Å². The van der Waals surface area contributed by atoms with Gasteiger partial charge >= 0.3 is 0 Å². The molecular formula is C9H10ClN5O3S. The van der Waals surface area contributed by atoms with Crippen LogP contribution in [0.2, 0.25) is 5.02 Å². The molecular weight excluding hydrogens is 294 g/mol. The highest BCUT2D eigenvalue weighted by molar-refractivity contribution is 7.89. The largest absolute Gasteiger partial charge is 0.326 e. The van der Waals surface area contributed by atoms with Crippen LogP contribution in [0.5, 0.6) is 0 Å². The van der Waals surface area contributed by atoms with Crippen molar-refractivity contribution in [3.8, 4) is 0 Å². The molecule has 2 N–H and O–H groups in total. The topological polar surface area (TPSA) is 110 Å². The van der Waals surface area contributed by atoms with Crippen molar-refractivity contribution in [3.05, 3.63) is 39.8 Å². The first-order valence-electron chi connectivity index (χ1n) is 5.11. The number of aromatic nitrogens is 4. The number of nitrogens with one attached hydrogen (secondary N) is 2. The van der Waals surface area contributed by atoms with E-state index in [1.807, 2.05) is 0 Å². The van der Waals surface area contributed by atoms with Gasteiger partial charge in [-0.25, -0.2) is 18.1 Å². The van der Waals surface area contributed by atoms with Gasteiger partial charge < -0.3 is 4.98 Å². The molecule has 0 radical (unpaired) electrons. The lowest BCUT2D eigenvalue weighted by Gasteiger charge is -2.04. The van der Waals surface area contributed by atoms with Crippen LogP contribution in [0.25, 0.3) is 0 Å². The summed E-state index contributed by atoms with van der Waals surface area (Å²) in [5, 5.41) is 3.74. The van der Waals surface area contributed by atoms with Crippen molar-refractivity contribution >= 4 is 21.6 Å². The van der Waals surface area contributed by atoms with Gasteiger partial charge in [0.25, 0.3) is 5.56 Å². The Balaban J connectivity index is 2.18. The fraction of sp³-hybridized carbons (Fsp3) is 0.222. The maximum absolute atomic E-state index is 11.9. The third-order valence-corrected chi connectivity index (χ3v) is 3.87. The molecule has 0 saturated heterocycles. The second kappa shape index (κ2) is 5.11. The predicted molar refractivity (Wildman–Crippen MR) is 67.1 cm³/mol. The van der Waals surface area contributed by atoms with Gasteiger partial charge in [0.2, 0.25) is 10.0 Å². The van der Waals surface area contributed by atoms with Crippen LogP contribution >= 0.6 is 11.6 Å². The molecule has 0 amide bonds. The van der Waals surface area contributed by atoms with Gasteiger partial charge in [-0.15, -0.1) is 0 Å². The summed E-state index contributed by atoms with van der Waals surface area (Å²) in [5.74, 6) is 0.335. The van der Waals surface area contributed by atoms with Gasteiger partial charge in [-0.3, -0.25) is 9.48 Å². The van der Waals surface area contributed by atoms with Crippen LogP contribution in [-0.2, 0) is 23.6 Å². The summed E-state index contributed by atoms with van der Waals surface area (Å²) in [6.07, 6.45) is 2.53. The molecule has 2 rings (SSSR count). The van der Waals surface area contributed by atoms with Crippen LogP contribution in [0, 0.1) is 0 Å². The summed E-state index contributed by atoms with van der Waals surface area (Å²) in [6.45, 7) is -0.0556. The van der Waals surface area contributed by atoms with Gasteiger partial charge in [0.15, 0.2) is 5.82 Å². The molecule has 0 aromatic carbocycles. The highest BCUT2D eigenvalue weighted by atomic mass is 35.5. The molecule has 102 valence electrons. The van der Waals surface area contributed by atoms with E-state index >= 15 is 0 Å². The molecule has 19 heavy (non-hydrogen) atoms. The van der Waals surface area contributed by atoms with E-state index in [-0.39, 0.29) is 16.5 Å². The minimum absolute atomic E-state index is 0.0556. The molecule has 2 aromatic heterocycles. The third-order valence-electron chi connectivity index (χ3n) is 2.21. The van der Waals surface area contributed by atoms with E-state index in [0.29, 0.717) is 5.82 Å². The Kier molecular flexibility index (Phi) is 3.69. The number of sulfonamides is 1.